The van der Waals surface area contributed by atoms with Crippen LogP contribution in [0.25, 0.3) is 16.9 Å². The number of imidazole rings is 1. The molecule has 0 fully saturated rings. The highest BCUT2D eigenvalue weighted by atomic mass is 16.5. The number of aryl methyl sites for hydroxylation is 3. The van der Waals surface area contributed by atoms with Gasteiger partial charge in [0.1, 0.15) is 6.61 Å². The van der Waals surface area contributed by atoms with E-state index in [1.165, 1.54) is 17.9 Å². The smallest absolute Gasteiger partial charge is 0.338 e. The minimum atomic E-state index is -0.447. The van der Waals surface area contributed by atoms with Crippen LogP contribution in [-0.2, 0) is 25.4 Å². The summed E-state index contributed by atoms with van der Waals surface area (Å²) in [7, 11) is 2.98. The minimum absolute atomic E-state index is 0.0633. The Labute approximate surface area is 177 Å². The summed E-state index contributed by atoms with van der Waals surface area (Å²) >= 11 is 0. The van der Waals surface area contributed by atoms with Crippen molar-refractivity contribution in [1.29, 1.82) is 0 Å². The van der Waals surface area contributed by atoms with Crippen LogP contribution >= 0.6 is 0 Å². The third-order valence-electron chi connectivity index (χ3n) is 5.41. The molecule has 4 rings (SSSR count). The second-order valence-electron chi connectivity index (χ2n) is 7.45. The molecule has 3 heterocycles. The Balaban J connectivity index is 1.47. The van der Waals surface area contributed by atoms with Crippen molar-refractivity contribution in [2.45, 2.75) is 20.4 Å². The zero-order valence-corrected chi connectivity index (χ0v) is 17.8. The van der Waals surface area contributed by atoms with Gasteiger partial charge in [-0.15, -0.1) is 0 Å². The van der Waals surface area contributed by atoms with Crippen molar-refractivity contribution in [3.8, 4) is 5.69 Å². The Morgan fingerprint density at radius 3 is 2.26 bits per heavy atom. The number of nitrogens with zero attached hydrogens (tertiary/aromatic N) is 5. The molecule has 0 aliphatic heterocycles. The summed E-state index contributed by atoms with van der Waals surface area (Å²) < 4.78 is 11.4. The number of ether oxygens (including phenoxy) is 1. The van der Waals surface area contributed by atoms with E-state index in [4.69, 9.17) is 4.74 Å². The Morgan fingerprint density at radius 2 is 1.61 bits per heavy atom. The highest BCUT2D eigenvalue weighted by Gasteiger charge is 2.15. The average Bonchev–Trinajstić information content (AvgIpc) is 3.34. The van der Waals surface area contributed by atoms with Gasteiger partial charge in [-0.05, 0) is 50.2 Å². The molecule has 3 aromatic heterocycles. The van der Waals surface area contributed by atoms with Gasteiger partial charge in [-0.1, -0.05) is 0 Å². The van der Waals surface area contributed by atoms with Crippen molar-refractivity contribution in [3.63, 3.8) is 0 Å². The molecule has 0 aliphatic carbocycles. The van der Waals surface area contributed by atoms with Crippen molar-refractivity contribution in [1.82, 2.24) is 23.3 Å². The third kappa shape index (κ3) is 3.48. The van der Waals surface area contributed by atoms with Crippen molar-refractivity contribution < 1.29 is 9.53 Å². The van der Waals surface area contributed by atoms with E-state index in [1.54, 1.807) is 23.7 Å². The summed E-state index contributed by atoms with van der Waals surface area (Å²) in [6, 6.07) is 11.3. The minimum Gasteiger partial charge on any atom is -0.460 e. The van der Waals surface area contributed by atoms with Gasteiger partial charge < -0.3 is 13.9 Å². The van der Waals surface area contributed by atoms with Gasteiger partial charge in [0.15, 0.2) is 11.2 Å². The van der Waals surface area contributed by atoms with Gasteiger partial charge in [0.05, 0.1) is 18.4 Å². The van der Waals surface area contributed by atoms with Gasteiger partial charge in [-0.3, -0.25) is 13.9 Å². The second-order valence-corrected chi connectivity index (χ2v) is 7.45. The molecule has 0 unspecified atom stereocenters. The van der Waals surface area contributed by atoms with Crippen LogP contribution in [0, 0.1) is 13.8 Å². The highest BCUT2D eigenvalue weighted by Crippen LogP contribution is 2.17. The van der Waals surface area contributed by atoms with Crippen LogP contribution in [0.5, 0.6) is 0 Å². The fraction of sp³-hybridized carbons (Fsp3) is 0.273. The Kier molecular flexibility index (Phi) is 5.10. The van der Waals surface area contributed by atoms with Crippen molar-refractivity contribution >= 4 is 17.1 Å². The van der Waals surface area contributed by atoms with Crippen LogP contribution in [0.2, 0.25) is 0 Å². The predicted octanol–water partition coefficient (Wildman–Crippen LogP) is 1.70. The first-order valence-electron chi connectivity index (χ1n) is 9.83. The van der Waals surface area contributed by atoms with E-state index in [9.17, 15) is 14.4 Å². The molecule has 9 nitrogen and oxygen atoms in total. The molecule has 160 valence electrons. The summed E-state index contributed by atoms with van der Waals surface area (Å²) in [5.41, 5.74) is 3.36. The molecule has 0 saturated heterocycles. The van der Waals surface area contributed by atoms with Gasteiger partial charge in [0, 0.05) is 31.2 Å². The van der Waals surface area contributed by atoms with E-state index in [2.05, 4.69) is 9.55 Å². The first-order chi connectivity index (χ1) is 14.8. The number of esters is 1. The monoisotopic (exact) mass is 421 g/mol. The largest absolute Gasteiger partial charge is 0.460 e. The molecule has 0 amide bonds. The summed E-state index contributed by atoms with van der Waals surface area (Å²) in [4.78, 5) is 41.1. The van der Waals surface area contributed by atoms with Gasteiger partial charge in [-0.25, -0.2) is 14.6 Å². The molecule has 9 heteroatoms. The van der Waals surface area contributed by atoms with Crippen LogP contribution in [-0.4, -0.2) is 35.8 Å². The molecule has 0 spiro atoms. The summed E-state index contributed by atoms with van der Waals surface area (Å²) in [5, 5.41) is 0. The molecular formula is C22H23N5O4. The van der Waals surface area contributed by atoms with Crippen molar-refractivity contribution in [2.75, 3.05) is 6.61 Å². The maximum Gasteiger partial charge on any atom is 0.338 e. The van der Waals surface area contributed by atoms with Gasteiger partial charge in [-0.2, -0.15) is 0 Å². The van der Waals surface area contributed by atoms with Crippen LogP contribution in [0.1, 0.15) is 21.7 Å². The number of carbonyl (C=O) groups excluding carboxylic acids is 1. The summed E-state index contributed by atoms with van der Waals surface area (Å²) in [6.07, 6.45) is 1.47. The quantitative estimate of drug-likeness (QED) is 0.457. The van der Waals surface area contributed by atoms with E-state index in [0.29, 0.717) is 16.7 Å². The number of aromatic nitrogens is 5. The number of hydrogen-bond donors (Lipinski definition) is 0. The van der Waals surface area contributed by atoms with E-state index in [-0.39, 0.29) is 13.2 Å². The fourth-order valence-corrected chi connectivity index (χ4v) is 3.71. The van der Waals surface area contributed by atoms with E-state index >= 15 is 0 Å². The van der Waals surface area contributed by atoms with Gasteiger partial charge >= 0.3 is 11.7 Å². The lowest BCUT2D eigenvalue weighted by atomic mass is 10.2. The zero-order valence-electron chi connectivity index (χ0n) is 17.8. The molecule has 0 atom stereocenters. The molecule has 4 aromatic rings. The number of carbonyl (C=O) groups is 1. The average molecular weight is 421 g/mol. The lowest BCUT2D eigenvalue weighted by Crippen LogP contribution is -2.37. The van der Waals surface area contributed by atoms with E-state index in [1.807, 2.05) is 38.1 Å². The van der Waals surface area contributed by atoms with E-state index < -0.39 is 17.2 Å². The van der Waals surface area contributed by atoms with Crippen LogP contribution < -0.4 is 11.2 Å². The molecule has 0 N–H and O–H groups in total. The second kappa shape index (κ2) is 7.75. The van der Waals surface area contributed by atoms with Crippen LogP contribution in [0.4, 0.5) is 0 Å². The first kappa shape index (κ1) is 20.4. The molecule has 0 aliphatic rings. The maximum atomic E-state index is 12.5. The zero-order chi connectivity index (χ0) is 22.3. The molecule has 0 saturated carbocycles. The molecule has 0 bridgehead atoms. The number of rotatable bonds is 5. The van der Waals surface area contributed by atoms with Crippen LogP contribution in [0.3, 0.4) is 0 Å². The third-order valence-corrected chi connectivity index (χ3v) is 5.41. The Hall–Kier alpha value is -3.88. The lowest BCUT2D eigenvalue weighted by molar-refractivity contribution is 0.0492. The van der Waals surface area contributed by atoms with E-state index in [0.717, 1.165) is 21.6 Å². The highest BCUT2D eigenvalue weighted by molar-refractivity contribution is 5.89. The van der Waals surface area contributed by atoms with Crippen molar-refractivity contribution in [2.24, 2.45) is 14.1 Å². The Bertz CT molecular complexity index is 1380. The normalized spacial score (nSPS) is 11.2. The summed E-state index contributed by atoms with van der Waals surface area (Å²) in [6.45, 7) is 4.36. The maximum absolute atomic E-state index is 12.5. The van der Waals surface area contributed by atoms with Gasteiger partial charge in [0.25, 0.3) is 5.56 Å². The molecule has 0 radical (unpaired) electrons. The number of fused-ring (bicyclic) bond motifs is 1. The first-order valence-corrected chi connectivity index (χ1v) is 9.83. The SMILES string of the molecule is Cc1ccc(C)n1-c1ccc(C(=O)OCCn2cnc3c2c(=O)n(C)c(=O)n3C)cc1. The number of benzene rings is 1. The topological polar surface area (TPSA) is 93.1 Å². The summed E-state index contributed by atoms with van der Waals surface area (Å²) in [5.74, 6) is -0.447. The molecular weight excluding hydrogens is 398 g/mol. The standard InChI is InChI=1S/C22H23N5O4/c1-14-5-6-15(2)27(14)17-9-7-16(8-10-17)21(29)31-12-11-26-13-23-19-18(26)20(28)25(4)22(30)24(19)3/h5-10,13H,11-12H2,1-4H3. The van der Waals surface area contributed by atoms with Gasteiger partial charge in [0.2, 0.25) is 0 Å². The fourth-order valence-electron chi connectivity index (χ4n) is 3.71. The Morgan fingerprint density at radius 1 is 0.968 bits per heavy atom. The van der Waals surface area contributed by atoms with Crippen molar-refractivity contribution in [3.05, 3.63) is 80.5 Å². The molecule has 31 heavy (non-hydrogen) atoms. The lowest BCUT2D eigenvalue weighted by Gasteiger charge is -2.11. The predicted molar refractivity (Wildman–Crippen MR) is 116 cm³/mol. The molecule has 1 aromatic carbocycles. The van der Waals surface area contributed by atoms with Crippen LogP contribution in [0.15, 0.2) is 52.3 Å². The number of hydrogen-bond acceptors (Lipinski definition) is 5.